The van der Waals surface area contributed by atoms with Gasteiger partial charge < -0.3 is 10.2 Å². The maximum atomic E-state index is 12.4. The highest BCUT2D eigenvalue weighted by Crippen LogP contribution is 2.27. The zero-order valence-corrected chi connectivity index (χ0v) is 15.5. The molecule has 0 unspecified atom stereocenters. The smallest absolute Gasteiger partial charge is 0.317 e. The molecule has 1 aliphatic heterocycles. The second-order valence-electron chi connectivity index (χ2n) is 7.93. The number of urea groups is 1. The standard InChI is InChI=1S/C21H27N3O/c1-15(16-5-7-19(8-6-16)21(2,3)4)23-20(25)24-13-18(14-24)17-9-11-22-12-10-17/h5-12,15,18H,13-14H2,1-4H3,(H,23,25)/t15-/m1/s1. The van der Waals surface area contributed by atoms with E-state index in [9.17, 15) is 4.79 Å². The predicted octanol–water partition coefficient (Wildman–Crippen LogP) is 4.25. The highest BCUT2D eigenvalue weighted by atomic mass is 16.2. The van der Waals surface area contributed by atoms with Gasteiger partial charge in [0, 0.05) is 31.4 Å². The van der Waals surface area contributed by atoms with Crippen LogP contribution in [-0.4, -0.2) is 29.0 Å². The number of rotatable bonds is 3. The number of likely N-dealkylation sites (tertiary alicyclic amines) is 1. The van der Waals surface area contributed by atoms with E-state index in [1.807, 2.05) is 24.0 Å². The Kier molecular flexibility index (Phi) is 4.80. The first kappa shape index (κ1) is 17.5. The van der Waals surface area contributed by atoms with Crippen LogP contribution in [0.15, 0.2) is 48.8 Å². The molecule has 0 saturated carbocycles. The number of hydrogen-bond acceptors (Lipinski definition) is 2. The Hall–Kier alpha value is -2.36. The lowest BCUT2D eigenvalue weighted by molar-refractivity contribution is 0.148. The Balaban J connectivity index is 1.53. The molecule has 0 bridgehead atoms. The molecule has 0 spiro atoms. The molecule has 3 rings (SSSR count). The van der Waals surface area contributed by atoms with Crippen LogP contribution < -0.4 is 5.32 Å². The Morgan fingerprint density at radius 1 is 1.12 bits per heavy atom. The quantitative estimate of drug-likeness (QED) is 0.910. The molecule has 25 heavy (non-hydrogen) atoms. The minimum atomic E-state index is 0.00138. The summed E-state index contributed by atoms with van der Waals surface area (Å²) in [6.45, 7) is 10.2. The number of carbonyl (C=O) groups excluding carboxylic acids is 1. The van der Waals surface area contributed by atoms with Crippen molar-refractivity contribution >= 4 is 6.03 Å². The first-order chi connectivity index (χ1) is 11.8. The SMILES string of the molecule is C[C@@H](NC(=O)N1CC(c2ccncc2)C1)c1ccc(C(C)(C)C)cc1. The summed E-state index contributed by atoms with van der Waals surface area (Å²) in [6.07, 6.45) is 3.61. The van der Waals surface area contributed by atoms with Crippen LogP contribution in [0.5, 0.6) is 0 Å². The Morgan fingerprint density at radius 3 is 2.28 bits per heavy atom. The van der Waals surface area contributed by atoms with Crippen LogP contribution in [0.1, 0.15) is 56.3 Å². The van der Waals surface area contributed by atoms with Gasteiger partial charge in [-0.05, 0) is 41.2 Å². The minimum absolute atomic E-state index is 0.00138. The van der Waals surface area contributed by atoms with E-state index in [0.717, 1.165) is 18.7 Å². The van der Waals surface area contributed by atoms with Crippen LogP contribution in [0.2, 0.25) is 0 Å². The summed E-state index contributed by atoms with van der Waals surface area (Å²) < 4.78 is 0. The van der Waals surface area contributed by atoms with Gasteiger partial charge in [-0.25, -0.2) is 4.79 Å². The molecule has 1 saturated heterocycles. The fourth-order valence-electron chi connectivity index (χ4n) is 3.12. The van der Waals surface area contributed by atoms with Crippen LogP contribution in [-0.2, 0) is 5.41 Å². The summed E-state index contributed by atoms with van der Waals surface area (Å²) >= 11 is 0. The molecule has 1 aromatic heterocycles. The summed E-state index contributed by atoms with van der Waals surface area (Å²) in [7, 11) is 0. The minimum Gasteiger partial charge on any atom is -0.331 e. The molecule has 1 aromatic carbocycles. The van der Waals surface area contributed by atoms with Gasteiger partial charge in [-0.2, -0.15) is 0 Å². The summed E-state index contributed by atoms with van der Waals surface area (Å²) in [4.78, 5) is 18.3. The maximum absolute atomic E-state index is 12.4. The molecule has 1 N–H and O–H groups in total. The molecule has 4 heteroatoms. The maximum Gasteiger partial charge on any atom is 0.317 e. The van der Waals surface area contributed by atoms with E-state index in [-0.39, 0.29) is 17.5 Å². The first-order valence-electron chi connectivity index (χ1n) is 8.90. The second kappa shape index (κ2) is 6.87. The molecule has 1 aliphatic rings. The van der Waals surface area contributed by atoms with E-state index in [1.54, 1.807) is 12.4 Å². The van der Waals surface area contributed by atoms with E-state index >= 15 is 0 Å². The van der Waals surface area contributed by atoms with Gasteiger partial charge in [-0.1, -0.05) is 45.0 Å². The van der Waals surface area contributed by atoms with Gasteiger partial charge >= 0.3 is 6.03 Å². The van der Waals surface area contributed by atoms with E-state index in [4.69, 9.17) is 0 Å². The van der Waals surface area contributed by atoms with Crippen LogP contribution in [0, 0.1) is 0 Å². The summed E-state index contributed by atoms with van der Waals surface area (Å²) in [5.41, 5.74) is 3.83. The molecule has 0 radical (unpaired) electrons. The molecular formula is C21H27N3O. The van der Waals surface area contributed by atoms with E-state index in [0.29, 0.717) is 5.92 Å². The Morgan fingerprint density at radius 2 is 1.72 bits per heavy atom. The average Bonchev–Trinajstić information content (AvgIpc) is 2.53. The Bertz CT molecular complexity index is 713. The number of carbonyl (C=O) groups is 1. The van der Waals surface area contributed by atoms with Crippen molar-refractivity contribution in [1.82, 2.24) is 15.2 Å². The number of aromatic nitrogens is 1. The van der Waals surface area contributed by atoms with Gasteiger partial charge in [0.25, 0.3) is 0 Å². The number of hydrogen-bond donors (Lipinski definition) is 1. The topological polar surface area (TPSA) is 45.2 Å². The van der Waals surface area contributed by atoms with Crippen LogP contribution >= 0.6 is 0 Å². The van der Waals surface area contributed by atoms with Gasteiger partial charge in [-0.3, -0.25) is 4.98 Å². The van der Waals surface area contributed by atoms with Crippen molar-refractivity contribution in [1.29, 1.82) is 0 Å². The second-order valence-corrected chi connectivity index (χ2v) is 7.93. The van der Waals surface area contributed by atoms with E-state index in [2.05, 4.69) is 55.3 Å². The summed E-state index contributed by atoms with van der Waals surface area (Å²) in [5, 5.41) is 3.10. The van der Waals surface area contributed by atoms with Crippen molar-refractivity contribution in [3.63, 3.8) is 0 Å². The van der Waals surface area contributed by atoms with Gasteiger partial charge in [0.15, 0.2) is 0 Å². The summed E-state index contributed by atoms with van der Waals surface area (Å²) in [5.74, 6) is 0.426. The molecule has 132 valence electrons. The van der Waals surface area contributed by atoms with Gasteiger partial charge in [0.05, 0.1) is 6.04 Å². The molecular weight excluding hydrogens is 310 g/mol. The number of benzene rings is 1. The number of amides is 2. The van der Waals surface area contributed by atoms with Crippen molar-refractivity contribution in [2.75, 3.05) is 13.1 Å². The largest absolute Gasteiger partial charge is 0.331 e. The van der Waals surface area contributed by atoms with Crippen molar-refractivity contribution in [2.45, 2.75) is 45.1 Å². The highest BCUT2D eigenvalue weighted by molar-refractivity contribution is 5.76. The van der Waals surface area contributed by atoms with Crippen LogP contribution in [0.25, 0.3) is 0 Å². The van der Waals surface area contributed by atoms with Crippen LogP contribution in [0.4, 0.5) is 4.79 Å². The number of nitrogens with one attached hydrogen (secondary N) is 1. The molecule has 2 heterocycles. The lowest BCUT2D eigenvalue weighted by Crippen LogP contribution is -2.52. The molecule has 4 nitrogen and oxygen atoms in total. The molecule has 2 amide bonds. The third-order valence-electron chi connectivity index (χ3n) is 4.96. The first-order valence-corrected chi connectivity index (χ1v) is 8.90. The third kappa shape index (κ3) is 4.01. The third-order valence-corrected chi connectivity index (χ3v) is 4.96. The van der Waals surface area contributed by atoms with E-state index < -0.39 is 0 Å². The van der Waals surface area contributed by atoms with Crippen molar-refractivity contribution < 1.29 is 4.79 Å². The predicted molar refractivity (Wildman–Crippen MR) is 101 cm³/mol. The zero-order chi connectivity index (χ0) is 18.0. The van der Waals surface area contributed by atoms with Gasteiger partial charge in [-0.15, -0.1) is 0 Å². The van der Waals surface area contributed by atoms with Gasteiger partial charge in [0.2, 0.25) is 0 Å². The molecule has 1 fully saturated rings. The fraction of sp³-hybridized carbons (Fsp3) is 0.429. The monoisotopic (exact) mass is 337 g/mol. The molecule has 2 aromatic rings. The molecule has 1 atom stereocenters. The lowest BCUT2D eigenvalue weighted by atomic mass is 9.86. The highest BCUT2D eigenvalue weighted by Gasteiger charge is 2.32. The van der Waals surface area contributed by atoms with E-state index in [1.165, 1.54) is 11.1 Å². The van der Waals surface area contributed by atoms with Crippen molar-refractivity contribution in [3.8, 4) is 0 Å². The Labute approximate surface area is 150 Å². The average molecular weight is 337 g/mol. The van der Waals surface area contributed by atoms with Crippen LogP contribution in [0.3, 0.4) is 0 Å². The number of pyridine rings is 1. The fourth-order valence-corrected chi connectivity index (χ4v) is 3.12. The normalized spacial score (nSPS) is 16.2. The zero-order valence-electron chi connectivity index (χ0n) is 15.5. The van der Waals surface area contributed by atoms with Gasteiger partial charge in [0.1, 0.15) is 0 Å². The van der Waals surface area contributed by atoms with Crippen molar-refractivity contribution in [2.24, 2.45) is 0 Å². The summed E-state index contributed by atoms with van der Waals surface area (Å²) in [6, 6.07) is 12.6. The van der Waals surface area contributed by atoms with Crippen molar-refractivity contribution in [3.05, 3.63) is 65.5 Å². The lowest BCUT2D eigenvalue weighted by Gasteiger charge is -2.40. The molecule has 0 aliphatic carbocycles. The number of nitrogens with zero attached hydrogens (tertiary/aromatic N) is 2.